The summed E-state index contributed by atoms with van der Waals surface area (Å²) in [6, 6.07) is 6.58. The first-order valence-corrected chi connectivity index (χ1v) is 5.77. The van der Waals surface area contributed by atoms with Crippen molar-refractivity contribution in [2.24, 2.45) is 0 Å². The Kier molecular flexibility index (Phi) is 3.77. The maximum atomic E-state index is 13.6. The van der Waals surface area contributed by atoms with Crippen molar-refractivity contribution in [2.75, 3.05) is 5.32 Å². The second-order valence-electron chi connectivity index (χ2n) is 3.90. The van der Waals surface area contributed by atoms with Crippen LogP contribution in [-0.4, -0.2) is 4.98 Å². The average Bonchev–Trinajstić information content (AvgIpc) is 2.28. The molecule has 94 valence electrons. The van der Waals surface area contributed by atoms with Crippen LogP contribution in [0.4, 0.5) is 14.5 Å². The maximum absolute atomic E-state index is 13.6. The summed E-state index contributed by atoms with van der Waals surface area (Å²) < 4.78 is 26.4. The summed E-state index contributed by atoms with van der Waals surface area (Å²) in [5, 5.41) is 3.43. The first-order chi connectivity index (χ1) is 8.56. The van der Waals surface area contributed by atoms with E-state index in [2.05, 4.69) is 10.3 Å². The molecule has 0 spiro atoms. The molecule has 2 rings (SSSR count). The van der Waals surface area contributed by atoms with Gasteiger partial charge in [0.05, 0.1) is 6.04 Å². The number of anilines is 1. The van der Waals surface area contributed by atoms with E-state index in [-0.39, 0.29) is 6.04 Å². The van der Waals surface area contributed by atoms with Gasteiger partial charge in [0.25, 0.3) is 0 Å². The Morgan fingerprint density at radius 3 is 2.67 bits per heavy atom. The lowest BCUT2D eigenvalue weighted by Crippen LogP contribution is -2.08. The van der Waals surface area contributed by atoms with Crippen LogP contribution in [0.15, 0.2) is 36.5 Å². The van der Waals surface area contributed by atoms with Crippen molar-refractivity contribution in [2.45, 2.75) is 13.0 Å². The predicted octanol–water partition coefficient (Wildman–Crippen LogP) is 4.19. The van der Waals surface area contributed by atoms with Crippen LogP contribution in [0.5, 0.6) is 0 Å². The summed E-state index contributed by atoms with van der Waals surface area (Å²) in [6.45, 7) is 1.78. The number of nitrogens with one attached hydrogen (secondary N) is 1. The highest BCUT2D eigenvalue weighted by molar-refractivity contribution is 6.29. The molecule has 0 saturated heterocycles. The summed E-state index contributed by atoms with van der Waals surface area (Å²) in [5.41, 5.74) is 1.12. The third kappa shape index (κ3) is 2.96. The number of benzene rings is 1. The molecule has 1 N–H and O–H groups in total. The van der Waals surface area contributed by atoms with Gasteiger partial charge in [-0.2, -0.15) is 0 Å². The van der Waals surface area contributed by atoms with Crippen LogP contribution >= 0.6 is 11.6 Å². The SMILES string of the molecule is CC(Nc1ccnc(Cl)c1)c1ccc(F)cc1F. The monoisotopic (exact) mass is 268 g/mol. The molecule has 0 aliphatic rings. The second kappa shape index (κ2) is 5.31. The molecule has 0 aliphatic heterocycles. The van der Waals surface area contributed by atoms with Crippen LogP contribution in [0.2, 0.25) is 5.15 Å². The van der Waals surface area contributed by atoms with Gasteiger partial charge in [-0.3, -0.25) is 0 Å². The van der Waals surface area contributed by atoms with E-state index in [0.29, 0.717) is 10.7 Å². The normalized spacial score (nSPS) is 12.2. The number of nitrogens with zero attached hydrogens (tertiary/aromatic N) is 1. The predicted molar refractivity (Wildman–Crippen MR) is 67.6 cm³/mol. The standard InChI is InChI=1S/C13H11ClF2N2/c1-8(11-3-2-9(15)6-12(11)16)18-10-4-5-17-13(14)7-10/h2-8H,1H3,(H,17,18). The molecule has 1 atom stereocenters. The Labute approximate surface area is 109 Å². The molecule has 2 aromatic rings. The quantitative estimate of drug-likeness (QED) is 0.845. The molecule has 1 aromatic carbocycles. The van der Waals surface area contributed by atoms with Gasteiger partial charge >= 0.3 is 0 Å². The van der Waals surface area contributed by atoms with Gasteiger partial charge in [-0.05, 0) is 25.1 Å². The molecule has 0 amide bonds. The van der Waals surface area contributed by atoms with E-state index in [9.17, 15) is 8.78 Å². The van der Waals surface area contributed by atoms with Crippen LogP contribution in [0.25, 0.3) is 0 Å². The van der Waals surface area contributed by atoms with Crippen molar-refractivity contribution < 1.29 is 8.78 Å². The molecule has 1 heterocycles. The molecule has 0 fully saturated rings. The summed E-state index contributed by atoms with van der Waals surface area (Å²) in [7, 11) is 0. The lowest BCUT2D eigenvalue weighted by molar-refractivity contribution is 0.566. The van der Waals surface area contributed by atoms with Gasteiger partial charge in [-0.1, -0.05) is 17.7 Å². The van der Waals surface area contributed by atoms with Gasteiger partial charge in [0.2, 0.25) is 0 Å². The minimum atomic E-state index is -0.588. The molecule has 2 nitrogen and oxygen atoms in total. The van der Waals surface area contributed by atoms with Crippen molar-refractivity contribution in [1.82, 2.24) is 4.98 Å². The first-order valence-electron chi connectivity index (χ1n) is 5.39. The van der Waals surface area contributed by atoms with Crippen molar-refractivity contribution in [3.8, 4) is 0 Å². The highest BCUT2D eigenvalue weighted by Crippen LogP contribution is 2.23. The summed E-state index contributed by atoms with van der Waals surface area (Å²) >= 11 is 5.75. The van der Waals surface area contributed by atoms with Crippen LogP contribution in [0.3, 0.4) is 0 Å². The number of pyridine rings is 1. The van der Waals surface area contributed by atoms with Gasteiger partial charge in [0.15, 0.2) is 0 Å². The largest absolute Gasteiger partial charge is 0.378 e. The van der Waals surface area contributed by atoms with Crippen LogP contribution in [-0.2, 0) is 0 Å². The van der Waals surface area contributed by atoms with Crippen molar-refractivity contribution in [3.05, 3.63) is 58.9 Å². The van der Waals surface area contributed by atoms with Gasteiger partial charge in [-0.25, -0.2) is 13.8 Å². The van der Waals surface area contributed by atoms with E-state index in [1.165, 1.54) is 12.1 Å². The summed E-state index contributed by atoms with van der Waals surface area (Å²) in [4.78, 5) is 3.85. The lowest BCUT2D eigenvalue weighted by atomic mass is 10.1. The Hall–Kier alpha value is -1.68. The minimum Gasteiger partial charge on any atom is -0.378 e. The van der Waals surface area contributed by atoms with E-state index in [4.69, 9.17) is 11.6 Å². The maximum Gasteiger partial charge on any atom is 0.131 e. The number of rotatable bonds is 3. The van der Waals surface area contributed by atoms with Crippen LogP contribution in [0.1, 0.15) is 18.5 Å². The van der Waals surface area contributed by atoms with Crippen molar-refractivity contribution >= 4 is 17.3 Å². The molecular weight excluding hydrogens is 258 g/mol. The lowest BCUT2D eigenvalue weighted by Gasteiger charge is -2.16. The zero-order valence-electron chi connectivity index (χ0n) is 9.62. The summed E-state index contributed by atoms with van der Waals surface area (Å²) in [6.07, 6.45) is 1.55. The van der Waals surface area contributed by atoms with Crippen molar-refractivity contribution in [3.63, 3.8) is 0 Å². The molecular formula is C13H11ClF2N2. The number of aromatic nitrogens is 1. The zero-order chi connectivity index (χ0) is 13.1. The fraction of sp³-hybridized carbons (Fsp3) is 0.154. The Morgan fingerprint density at radius 2 is 2.00 bits per heavy atom. The molecule has 0 aliphatic carbocycles. The Balaban J connectivity index is 2.19. The van der Waals surface area contributed by atoms with E-state index < -0.39 is 11.6 Å². The van der Waals surface area contributed by atoms with Crippen LogP contribution < -0.4 is 5.32 Å². The van der Waals surface area contributed by atoms with Crippen molar-refractivity contribution in [1.29, 1.82) is 0 Å². The van der Waals surface area contributed by atoms with E-state index >= 15 is 0 Å². The Bertz CT molecular complexity index is 560. The fourth-order valence-corrected chi connectivity index (χ4v) is 1.85. The molecule has 1 aromatic heterocycles. The number of hydrogen-bond acceptors (Lipinski definition) is 2. The number of halogens is 3. The Morgan fingerprint density at radius 1 is 1.22 bits per heavy atom. The summed E-state index contributed by atoms with van der Waals surface area (Å²) in [5.74, 6) is -1.16. The molecule has 0 saturated carbocycles. The first kappa shape index (κ1) is 12.8. The van der Waals surface area contributed by atoms with Gasteiger partial charge in [-0.15, -0.1) is 0 Å². The topological polar surface area (TPSA) is 24.9 Å². The van der Waals surface area contributed by atoms with Gasteiger partial charge < -0.3 is 5.32 Å². The van der Waals surface area contributed by atoms with Gasteiger partial charge in [0.1, 0.15) is 16.8 Å². The van der Waals surface area contributed by atoms with Crippen LogP contribution in [0, 0.1) is 11.6 Å². The van der Waals surface area contributed by atoms with E-state index in [0.717, 1.165) is 11.8 Å². The molecule has 18 heavy (non-hydrogen) atoms. The third-order valence-corrected chi connectivity index (χ3v) is 2.75. The highest BCUT2D eigenvalue weighted by atomic mass is 35.5. The second-order valence-corrected chi connectivity index (χ2v) is 4.29. The number of hydrogen-bond donors (Lipinski definition) is 1. The highest BCUT2D eigenvalue weighted by Gasteiger charge is 2.11. The molecule has 1 unspecified atom stereocenters. The average molecular weight is 269 g/mol. The minimum absolute atomic E-state index is 0.302. The fourth-order valence-electron chi connectivity index (χ4n) is 1.67. The van der Waals surface area contributed by atoms with E-state index in [1.54, 1.807) is 25.3 Å². The smallest absolute Gasteiger partial charge is 0.131 e. The van der Waals surface area contributed by atoms with Gasteiger partial charge in [0, 0.05) is 23.5 Å². The van der Waals surface area contributed by atoms with E-state index in [1.807, 2.05) is 0 Å². The molecule has 0 radical (unpaired) electrons. The third-order valence-electron chi connectivity index (χ3n) is 2.54. The molecule has 0 bridgehead atoms. The zero-order valence-corrected chi connectivity index (χ0v) is 10.4. The molecule has 5 heteroatoms.